The van der Waals surface area contributed by atoms with Gasteiger partial charge in [-0.25, -0.2) is 0 Å². The van der Waals surface area contributed by atoms with E-state index in [1.54, 1.807) is 0 Å². The summed E-state index contributed by atoms with van der Waals surface area (Å²) in [4.78, 5) is 0. The van der Waals surface area contributed by atoms with E-state index in [1.165, 1.54) is 39.8 Å². The largest absolute Gasteiger partial charge is 0.388 e. The van der Waals surface area contributed by atoms with E-state index in [0.29, 0.717) is 23.7 Å². The predicted octanol–water partition coefficient (Wildman–Crippen LogP) is 4.01. The number of aliphatic hydroxyl groups excluding tert-OH is 2. The first-order valence-electron chi connectivity index (χ1n) is 8.85. The summed E-state index contributed by atoms with van der Waals surface area (Å²) in [5.74, 6) is 1.94. The van der Waals surface area contributed by atoms with E-state index >= 15 is 0 Å². The van der Waals surface area contributed by atoms with Crippen molar-refractivity contribution in [2.45, 2.75) is 55.1 Å². The smallest absolute Gasteiger partial charge is 0.0799 e. The van der Waals surface area contributed by atoms with E-state index in [0.717, 1.165) is 12.8 Å². The van der Waals surface area contributed by atoms with Gasteiger partial charge < -0.3 is 10.2 Å². The molecule has 116 valence electrons. The molecule has 2 nitrogen and oxygen atoms in total. The van der Waals surface area contributed by atoms with Gasteiger partial charge in [0.2, 0.25) is 0 Å². The highest BCUT2D eigenvalue weighted by Crippen LogP contribution is 2.65. The summed E-state index contributed by atoms with van der Waals surface area (Å²) in [6, 6.07) is 13.0. The average molecular weight is 304 g/mol. The van der Waals surface area contributed by atoms with Crippen LogP contribution in [0.4, 0.5) is 0 Å². The average Bonchev–Trinajstić information content (AvgIpc) is 3.08. The number of benzene rings is 2. The van der Waals surface area contributed by atoms with Gasteiger partial charge in [0.1, 0.15) is 0 Å². The molecule has 0 fully saturated rings. The van der Waals surface area contributed by atoms with Crippen LogP contribution in [0.5, 0.6) is 0 Å². The Morgan fingerprint density at radius 2 is 1.00 bits per heavy atom. The topological polar surface area (TPSA) is 40.5 Å². The Morgan fingerprint density at radius 3 is 1.48 bits per heavy atom. The van der Waals surface area contributed by atoms with Gasteiger partial charge in [0.05, 0.1) is 12.2 Å². The molecule has 6 rings (SSSR count). The number of fused-ring (bicyclic) bond motifs is 6. The highest BCUT2D eigenvalue weighted by atomic mass is 16.3. The number of hydrogen-bond donors (Lipinski definition) is 2. The number of rotatable bonds is 0. The van der Waals surface area contributed by atoms with Crippen LogP contribution in [-0.2, 0) is 0 Å². The summed E-state index contributed by atoms with van der Waals surface area (Å²) in [6.07, 6.45) is 2.31. The molecule has 6 atom stereocenters. The van der Waals surface area contributed by atoms with Crippen molar-refractivity contribution in [1.29, 1.82) is 0 Å². The highest BCUT2D eigenvalue weighted by Gasteiger charge is 2.51. The van der Waals surface area contributed by atoms with E-state index in [9.17, 15) is 10.2 Å². The van der Waals surface area contributed by atoms with Gasteiger partial charge in [0.15, 0.2) is 0 Å². The van der Waals surface area contributed by atoms with Crippen molar-refractivity contribution in [1.82, 2.24) is 0 Å². The molecule has 0 aromatic heterocycles. The molecule has 0 radical (unpaired) electrons. The molecule has 4 unspecified atom stereocenters. The fraction of sp³-hybridized carbons (Fsp3) is 0.429. The first-order valence-corrected chi connectivity index (χ1v) is 8.85. The van der Waals surface area contributed by atoms with Gasteiger partial charge in [-0.05, 0) is 76.3 Å². The molecule has 0 saturated carbocycles. The van der Waals surface area contributed by atoms with Gasteiger partial charge in [-0.2, -0.15) is 0 Å². The molecule has 2 aromatic carbocycles. The van der Waals surface area contributed by atoms with Gasteiger partial charge >= 0.3 is 0 Å². The minimum absolute atomic E-state index is 0.298. The molecule has 23 heavy (non-hydrogen) atoms. The van der Waals surface area contributed by atoms with Crippen molar-refractivity contribution in [2.75, 3.05) is 0 Å². The van der Waals surface area contributed by atoms with Gasteiger partial charge in [-0.15, -0.1) is 0 Å². The van der Waals surface area contributed by atoms with Crippen molar-refractivity contribution >= 4 is 0 Å². The van der Waals surface area contributed by atoms with Crippen LogP contribution in [-0.4, -0.2) is 10.2 Å². The minimum Gasteiger partial charge on any atom is -0.388 e. The van der Waals surface area contributed by atoms with Gasteiger partial charge in [-0.1, -0.05) is 36.4 Å². The first kappa shape index (κ1) is 12.7. The maximum Gasteiger partial charge on any atom is 0.0799 e. The summed E-state index contributed by atoms with van der Waals surface area (Å²) in [6.45, 7) is 0. The quantitative estimate of drug-likeness (QED) is 0.772. The molecule has 0 heterocycles. The standard InChI is InChI=1S/C21H20O2/c22-18-8-17-15-7-14(10-3-1-5-12(18)20(10)17)16-9-19(23)13-6-2-4-11(15)21(13)16/h1-6,14-19,22-23H,7-9H2/t14-,15-,16?,17?,18?,19?/m1/s1. The van der Waals surface area contributed by atoms with Crippen molar-refractivity contribution < 1.29 is 10.2 Å². The second-order valence-corrected chi connectivity index (χ2v) is 7.86. The maximum absolute atomic E-state index is 10.5. The molecule has 0 aliphatic heterocycles. The van der Waals surface area contributed by atoms with Crippen LogP contribution in [0.3, 0.4) is 0 Å². The van der Waals surface area contributed by atoms with Gasteiger partial charge in [0.25, 0.3) is 0 Å². The monoisotopic (exact) mass is 304 g/mol. The lowest BCUT2D eigenvalue weighted by atomic mass is 9.59. The summed E-state index contributed by atoms with van der Waals surface area (Å²) >= 11 is 0. The Morgan fingerprint density at radius 1 is 0.565 bits per heavy atom. The van der Waals surface area contributed by atoms with E-state index in [2.05, 4.69) is 36.4 Å². The third kappa shape index (κ3) is 1.39. The lowest BCUT2D eigenvalue weighted by molar-refractivity contribution is 0.161. The Balaban J connectivity index is 1.66. The van der Waals surface area contributed by atoms with Crippen LogP contribution in [0.15, 0.2) is 36.4 Å². The zero-order valence-corrected chi connectivity index (χ0v) is 12.9. The Bertz CT molecular complexity index is 770. The van der Waals surface area contributed by atoms with Crippen LogP contribution >= 0.6 is 0 Å². The van der Waals surface area contributed by atoms with E-state index in [4.69, 9.17) is 0 Å². The SMILES string of the molecule is OC1CC2c3c1cccc3[C@H]1C[C@@H]2c2cccc3c2C1CC3O. The summed E-state index contributed by atoms with van der Waals surface area (Å²) in [5, 5.41) is 21.1. The van der Waals surface area contributed by atoms with Crippen molar-refractivity contribution in [3.05, 3.63) is 69.8 Å². The van der Waals surface area contributed by atoms with Crippen molar-refractivity contribution in [2.24, 2.45) is 0 Å². The van der Waals surface area contributed by atoms with E-state index < -0.39 is 0 Å². The summed E-state index contributed by atoms with van der Waals surface area (Å²) < 4.78 is 0. The van der Waals surface area contributed by atoms with Crippen LogP contribution < -0.4 is 0 Å². The first-order chi connectivity index (χ1) is 11.2. The fourth-order valence-electron chi connectivity index (χ4n) is 6.28. The summed E-state index contributed by atoms with van der Waals surface area (Å²) in [5.41, 5.74) is 8.14. The highest BCUT2D eigenvalue weighted by molar-refractivity contribution is 5.57. The molecule has 2 aromatic rings. The molecule has 2 heteroatoms. The Hall–Kier alpha value is -1.64. The lowest BCUT2D eigenvalue weighted by Crippen LogP contribution is -2.29. The zero-order valence-electron chi connectivity index (χ0n) is 12.9. The molecule has 2 N–H and O–H groups in total. The van der Waals surface area contributed by atoms with Gasteiger partial charge in [0, 0.05) is 0 Å². The molecular weight excluding hydrogens is 284 g/mol. The lowest BCUT2D eigenvalue weighted by Gasteiger charge is -2.44. The maximum atomic E-state index is 10.5. The van der Waals surface area contributed by atoms with Gasteiger partial charge in [-0.3, -0.25) is 0 Å². The second kappa shape index (κ2) is 4.06. The molecule has 0 spiro atoms. The van der Waals surface area contributed by atoms with Crippen LogP contribution in [0.2, 0.25) is 0 Å². The molecule has 0 saturated heterocycles. The molecular formula is C21H20O2. The van der Waals surface area contributed by atoms with Crippen LogP contribution in [0, 0.1) is 0 Å². The Kier molecular flexibility index (Phi) is 2.25. The normalized spacial score (nSPS) is 38.3. The molecule has 4 aliphatic carbocycles. The van der Waals surface area contributed by atoms with Crippen LogP contribution in [0.1, 0.15) is 88.5 Å². The minimum atomic E-state index is -0.298. The van der Waals surface area contributed by atoms with Crippen molar-refractivity contribution in [3.8, 4) is 0 Å². The second-order valence-electron chi connectivity index (χ2n) is 7.86. The number of hydrogen-bond acceptors (Lipinski definition) is 2. The summed E-state index contributed by atoms with van der Waals surface area (Å²) in [7, 11) is 0. The third-order valence-electron chi connectivity index (χ3n) is 7.04. The Labute approximate surface area is 135 Å². The fourth-order valence-corrected chi connectivity index (χ4v) is 6.28. The van der Waals surface area contributed by atoms with Crippen molar-refractivity contribution in [3.63, 3.8) is 0 Å². The van der Waals surface area contributed by atoms with Crippen LogP contribution in [0.25, 0.3) is 0 Å². The molecule has 4 aliphatic rings. The number of aliphatic hydroxyl groups is 2. The molecule has 0 amide bonds. The van der Waals surface area contributed by atoms with E-state index in [-0.39, 0.29) is 12.2 Å². The third-order valence-corrected chi connectivity index (χ3v) is 7.04. The predicted molar refractivity (Wildman–Crippen MR) is 87.6 cm³/mol. The van der Waals surface area contributed by atoms with E-state index in [1.807, 2.05) is 0 Å². The molecule has 2 bridgehead atoms. The zero-order chi connectivity index (χ0) is 15.3.